The number of carbonyl (C=O) groups is 1. The number of aryl methyl sites for hydroxylation is 1. The van der Waals surface area contributed by atoms with Gasteiger partial charge in [-0.05, 0) is 55.1 Å². The van der Waals surface area contributed by atoms with E-state index in [2.05, 4.69) is 13.8 Å². The van der Waals surface area contributed by atoms with Gasteiger partial charge in [0.05, 0.1) is 6.61 Å². The van der Waals surface area contributed by atoms with Crippen LogP contribution in [0.1, 0.15) is 68.6 Å². The smallest absolute Gasteiger partial charge is 0.507 e. The molecular weight excluding hydrogens is 328 g/mol. The Morgan fingerprint density at radius 3 is 2.58 bits per heavy atom. The fourth-order valence-corrected chi connectivity index (χ4v) is 4.88. The maximum atomic E-state index is 12.2. The van der Waals surface area contributed by atoms with Crippen molar-refractivity contribution in [2.45, 2.75) is 58.3 Å². The van der Waals surface area contributed by atoms with Crippen LogP contribution in [0.2, 0.25) is 0 Å². The zero-order valence-corrected chi connectivity index (χ0v) is 15.7. The normalized spacial score (nSPS) is 23.3. The summed E-state index contributed by atoms with van der Waals surface area (Å²) >= 11 is 0. The summed E-state index contributed by atoms with van der Waals surface area (Å²) < 4.78 is 10.9. The number of benzene rings is 2. The van der Waals surface area contributed by atoms with E-state index in [1.54, 1.807) is 0 Å². The van der Waals surface area contributed by atoms with Crippen molar-refractivity contribution >= 4 is 16.9 Å². The van der Waals surface area contributed by atoms with Crippen molar-refractivity contribution in [2.24, 2.45) is 5.92 Å². The molecule has 3 atom stereocenters. The number of rotatable bonds is 4. The van der Waals surface area contributed by atoms with E-state index in [9.17, 15) is 9.90 Å². The van der Waals surface area contributed by atoms with Crippen LogP contribution in [0, 0.1) is 5.92 Å². The first-order valence-corrected chi connectivity index (χ1v) is 9.72. The van der Waals surface area contributed by atoms with Crippen LogP contribution < -0.4 is 4.74 Å². The molecule has 26 heavy (non-hydrogen) atoms. The zero-order valence-electron chi connectivity index (χ0n) is 15.7. The second-order valence-electron chi connectivity index (χ2n) is 7.59. The van der Waals surface area contributed by atoms with E-state index in [-0.39, 0.29) is 0 Å². The highest BCUT2D eigenvalue weighted by Gasteiger charge is 2.47. The zero-order chi connectivity index (χ0) is 18.4. The minimum Gasteiger partial charge on any atom is -0.507 e. The van der Waals surface area contributed by atoms with Crippen LogP contribution in [0.4, 0.5) is 4.79 Å². The average Bonchev–Trinajstić information content (AvgIpc) is 3.16. The molecule has 2 aliphatic rings. The van der Waals surface area contributed by atoms with Crippen LogP contribution in [0.3, 0.4) is 0 Å². The molecule has 2 bridgehead atoms. The Labute approximate surface area is 154 Å². The minimum atomic E-state index is -0.654. The number of carbonyl (C=O) groups excluding carboxylic acids is 1. The average molecular weight is 354 g/mol. The maximum Gasteiger partial charge on any atom is 0.513 e. The summed E-state index contributed by atoms with van der Waals surface area (Å²) in [7, 11) is 0. The third-order valence-electron chi connectivity index (χ3n) is 6.19. The van der Waals surface area contributed by atoms with Gasteiger partial charge in [0.2, 0.25) is 0 Å². The van der Waals surface area contributed by atoms with Crippen LogP contribution in [-0.4, -0.2) is 17.9 Å². The predicted molar refractivity (Wildman–Crippen MR) is 101 cm³/mol. The second kappa shape index (κ2) is 6.49. The fraction of sp³-hybridized carbons (Fsp3) is 0.500. The van der Waals surface area contributed by atoms with Gasteiger partial charge in [0.1, 0.15) is 11.5 Å². The molecule has 4 nitrogen and oxygen atoms in total. The van der Waals surface area contributed by atoms with Crippen LogP contribution >= 0.6 is 0 Å². The summed E-state index contributed by atoms with van der Waals surface area (Å²) in [4.78, 5) is 12.2. The molecule has 2 aromatic rings. The van der Waals surface area contributed by atoms with E-state index in [0.717, 1.165) is 53.1 Å². The van der Waals surface area contributed by atoms with Crippen LogP contribution in [0.5, 0.6) is 11.5 Å². The molecule has 138 valence electrons. The number of phenolic OH excluding ortho intramolecular Hbond substituents is 1. The summed E-state index contributed by atoms with van der Waals surface area (Å²) in [6, 6.07) is 6.02. The first-order valence-electron chi connectivity index (χ1n) is 9.72. The van der Waals surface area contributed by atoms with Gasteiger partial charge >= 0.3 is 6.16 Å². The Morgan fingerprint density at radius 1 is 1.15 bits per heavy atom. The lowest BCUT2D eigenvalue weighted by atomic mass is 9.87. The van der Waals surface area contributed by atoms with Crippen LogP contribution in [0.25, 0.3) is 10.8 Å². The summed E-state index contributed by atoms with van der Waals surface area (Å²) in [5, 5.41) is 12.6. The number of hydrogen-bond donors (Lipinski definition) is 1. The van der Waals surface area contributed by atoms with Gasteiger partial charge in [-0.1, -0.05) is 32.9 Å². The standard InChI is InChI=1S/C22H26O4/c1-4-10-25-22(24)26-21-17-11-13(5-2)6-7-16(17)20(23)18-14-8-9-15(12(14)3)19(18)21/h6-7,11-12,14-15,23H,4-5,8-10H2,1-3H3. The molecule has 2 aliphatic carbocycles. The molecule has 2 aromatic carbocycles. The van der Waals surface area contributed by atoms with Gasteiger partial charge in [-0.15, -0.1) is 0 Å². The van der Waals surface area contributed by atoms with Gasteiger partial charge in [-0.2, -0.15) is 0 Å². The third kappa shape index (κ3) is 2.46. The number of phenols is 1. The number of fused-ring (bicyclic) bond motifs is 6. The molecule has 0 heterocycles. The van der Waals surface area contributed by atoms with E-state index in [4.69, 9.17) is 9.47 Å². The lowest BCUT2D eigenvalue weighted by molar-refractivity contribution is 0.0991. The van der Waals surface area contributed by atoms with Crippen molar-refractivity contribution in [2.75, 3.05) is 6.61 Å². The van der Waals surface area contributed by atoms with E-state index in [0.29, 0.717) is 35.9 Å². The molecule has 3 unspecified atom stereocenters. The Hall–Kier alpha value is -2.23. The van der Waals surface area contributed by atoms with E-state index in [1.165, 1.54) is 0 Å². The molecule has 0 amide bonds. The molecular formula is C22H26O4. The van der Waals surface area contributed by atoms with E-state index >= 15 is 0 Å². The van der Waals surface area contributed by atoms with Crippen molar-refractivity contribution in [3.05, 3.63) is 34.9 Å². The second-order valence-corrected chi connectivity index (χ2v) is 7.59. The van der Waals surface area contributed by atoms with Crippen molar-refractivity contribution < 1.29 is 19.4 Å². The third-order valence-corrected chi connectivity index (χ3v) is 6.19. The maximum absolute atomic E-state index is 12.2. The SMILES string of the molecule is CCCOC(=O)Oc1c2c(c(O)c3ccc(CC)cc13)C1CCC2C1C. The lowest BCUT2D eigenvalue weighted by Gasteiger charge is -2.22. The lowest BCUT2D eigenvalue weighted by Crippen LogP contribution is -2.14. The van der Waals surface area contributed by atoms with E-state index < -0.39 is 6.16 Å². The molecule has 0 aromatic heterocycles. The number of aromatic hydroxyl groups is 1. The number of hydrogen-bond acceptors (Lipinski definition) is 4. The van der Waals surface area contributed by atoms with E-state index in [1.807, 2.05) is 25.1 Å². The Bertz CT molecular complexity index is 870. The molecule has 1 N–H and O–H groups in total. The summed E-state index contributed by atoms with van der Waals surface area (Å²) in [6.07, 6.45) is 3.15. The topological polar surface area (TPSA) is 55.8 Å². The van der Waals surface area contributed by atoms with Crippen molar-refractivity contribution in [1.29, 1.82) is 0 Å². The Morgan fingerprint density at radius 2 is 1.88 bits per heavy atom. The summed E-state index contributed by atoms with van der Waals surface area (Å²) in [6.45, 7) is 6.63. The van der Waals surface area contributed by atoms with Gasteiger partial charge < -0.3 is 14.6 Å². The van der Waals surface area contributed by atoms with Crippen molar-refractivity contribution in [3.63, 3.8) is 0 Å². The highest BCUT2D eigenvalue weighted by molar-refractivity contribution is 5.98. The molecule has 0 aliphatic heterocycles. The van der Waals surface area contributed by atoms with Crippen LogP contribution in [0.15, 0.2) is 18.2 Å². The molecule has 1 fully saturated rings. The first kappa shape index (κ1) is 17.2. The summed E-state index contributed by atoms with van der Waals surface area (Å²) in [5.41, 5.74) is 3.17. The quantitative estimate of drug-likeness (QED) is 0.570. The van der Waals surface area contributed by atoms with Gasteiger partial charge in [-0.25, -0.2) is 4.79 Å². The molecule has 4 rings (SSSR count). The molecule has 0 spiro atoms. The molecule has 0 radical (unpaired) electrons. The van der Waals surface area contributed by atoms with Gasteiger partial charge in [0.15, 0.2) is 0 Å². The summed E-state index contributed by atoms with van der Waals surface area (Å²) in [5.74, 6) is 2.12. The monoisotopic (exact) mass is 354 g/mol. The Kier molecular flexibility index (Phi) is 4.29. The van der Waals surface area contributed by atoms with Gasteiger partial charge in [-0.3, -0.25) is 0 Å². The molecule has 0 saturated heterocycles. The predicted octanol–water partition coefficient (Wildman–Crippen LogP) is 5.64. The number of ether oxygens (including phenoxy) is 2. The molecule has 1 saturated carbocycles. The minimum absolute atomic E-state index is 0.338. The molecule has 4 heteroatoms. The Balaban J connectivity index is 1.92. The van der Waals surface area contributed by atoms with Crippen LogP contribution in [-0.2, 0) is 11.2 Å². The highest BCUT2D eigenvalue weighted by Crippen LogP contribution is 2.63. The largest absolute Gasteiger partial charge is 0.513 e. The van der Waals surface area contributed by atoms with Crippen molar-refractivity contribution in [3.8, 4) is 11.5 Å². The highest BCUT2D eigenvalue weighted by atomic mass is 16.7. The van der Waals surface area contributed by atoms with Gasteiger partial charge in [0, 0.05) is 21.9 Å². The first-order chi connectivity index (χ1) is 12.6. The van der Waals surface area contributed by atoms with Crippen molar-refractivity contribution in [1.82, 2.24) is 0 Å². The van der Waals surface area contributed by atoms with Gasteiger partial charge in [0.25, 0.3) is 0 Å². The fourth-order valence-electron chi connectivity index (χ4n) is 4.88.